The maximum Gasteiger partial charge on any atom is 0.258 e. The predicted molar refractivity (Wildman–Crippen MR) is 78.7 cm³/mol. The number of benzene rings is 1. The molecule has 6 nitrogen and oxygen atoms in total. The number of fused-ring (bicyclic) bond motifs is 1. The van der Waals surface area contributed by atoms with Gasteiger partial charge in [0.1, 0.15) is 18.2 Å². The highest BCUT2D eigenvalue weighted by atomic mass is 16.5. The van der Waals surface area contributed by atoms with E-state index in [9.17, 15) is 4.79 Å². The normalized spacial score (nSPS) is 14.1. The van der Waals surface area contributed by atoms with Crippen molar-refractivity contribution in [2.75, 3.05) is 18.6 Å². The lowest BCUT2D eigenvalue weighted by molar-refractivity contribution is 0.0743. The number of amides is 1. The smallest absolute Gasteiger partial charge is 0.258 e. The zero-order valence-electron chi connectivity index (χ0n) is 11.5. The van der Waals surface area contributed by atoms with E-state index < -0.39 is 0 Å². The molecule has 0 radical (unpaired) electrons. The van der Waals surface area contributed by atoms with Gasteiger partial charge in [0.15, 0.2) is 0 Å². The van der Waals surface area contributed by atoms with Crippen LogP contribution in [0.4, 0.5) is 5.82 Å². The van der Waals surface area contributed by atoms with Gasteiger partial charge in [0.2, 0.25) is 0 Å². The molecule has 0 aliphatic carbocycles. The Morgan fingerprint density at radius 3 is 3.00 bits per heavy atom. The Bertz CT molecular complexity index is 660. The molecule has 0 bridgehead atoms. The van der Waals surface area contributed by atoms with E-state index in [2.05, 4.69) is 10.4 Å². The molecule has 0 saturated heterocycles. The van der Waals surface area contributed by atoms with Crippen LogP contribution in [0.25, 0.3) is 0 Å². The van der Waals surface area contributed by atoms with E-state index in [0.717, 1.165) is 5.56 Å². The quantitative estimate of drug-likeness (QED) is 0.658. The molecule has 1 amide bonds. The van der Waals surface area contributed by atoms with Crippen LogP contribution < -0.4 is 16.0 Å². The van der Waals surface area contributed by atoms with Crippen LogP contribution in [0.5, 0.6) is 5.75 Å². The fourth-order valence-electron chi connectivity index (χ4n) is 2.36. The number of para-hydroxylation sites is 1. The lowest BCUT2D eigenvalue weighted by atomic mass is 10.1. The van der Waals surface area contributed by atoms with Crippen LogP contribution in [0.15, 0.2) is 42.6 Å². The number of nitrogens with one attached hydrogen (secondary N) is 1. The second kappa shape index (κ2) is 5.80. The largest absolute Gasteiger partial charge is 0.491 e. The molecule has 1 aromatic heterocycles. The number of pyridine rings is 1. The third kappa shape index (κ3) is 2.66. The molecule has 0 saturated carbocycles. The molecule has 3 N–H and O–H groups in total. The number of anilines is 1. The van der Waals surface area contributed by atoms with Crippen LogP contribution in [0.3, 0.4) is 0 Å². The number of ether oxygens (including phenoxy) is 1. The van der Waals surface area contributed by atoms with Gasteiger partial charge in [-0.1, -0.05) is 18.2 Å². The monoisotopic (exact) mass is 284 g/mol. The molecule has 0 spiro atoms. The second-order valence-electron chi connectivity index (χ2n) is 4.73. The molecular formula is C15H16N4O2. The predicted octanol–water partition coefficient (Wildman–Crippen LogP) is 1.40. The van der Waals surface area contributed by atoms with Crippen LogP contribution in [-0.4, -0.2) is 28.9 Å². The van der Waals surface area contributed by atoms with Crippen LogP contribution in [-0.2, 0) is 6.54 Å². The van der Waals surface area contributed by atoms with Crippen molar-refractivity contribution in [3.8, 4) is 5.75 Å². The number of rotatable bonds is 3. The fourth-order valence-corrected chi connectivity index (χ4v) is 2.36. The third-order valence-electron chi connectivity index (χ3n) is 3.41. The number of hydrogen-bond acceptors (Lipinski definition) is 5. The van der Waals surface area contributed by atoms with Gasteiger partial charge in [0.05, 0.1) is 12.1 Å². The molecule has 0 atom stereocenters. The Hall–Kier alpha value is -2.60. The van der Waals surface area contributed by atoms with Crippen LogP contribution in [0, 0.1) is 0 Å². The summed E-state index contributed by atoms with van der Waals surface area (Å²) in [5, 5.41) is 0. The summed E-state index contributed by atoms with van der Waals surface area (Å²) in [6, 6.07) is 11.0. The van der Waals surface area contributed by atoms with E-state index in [1.807, 2.05) is 30.3 Å². The third-order valence-corrected chi connectivity index (χ3v) is 3.41. The average Bonchev–Trinajstić information content (AvgIpc) is 2.68. The Labute approximate surface area is 122 Å². The van der Waals surface area contributed by atoms with E-state index in [4.69, 9.17) is 10.6 Å². The Balaban J connectivity index is 1.88. The van der Waals surface area contributed by atoms with Crippen molar-refractivity contribution in [1.29, 1.82) is 0 Å². The Morgan fingerprint density at radius 2 is 2.14 bits per heavy atom. The van der Waals surface area contributed by atoms with Gasteiger partial charge in [-0.25, -0.2) is 10.8 Å². The van der Waals surface area contributed by atoms with Gasteiger partial charge >= 0.3 is 0 Å². The summed E-state index contributed by atoms with van der Waals surface area (Å²) < 4.78 is 5.62. The van der Waals surface area contributed by atoms with Crippen molar-refractivity contribution in [3.05, 3.63) is 53.7 Å². The summed E-state index contributed by atoms with van der Waals surface area (Å²) in [6.07, 6.45) is 1.65. The van der Waals surface area contributed by atoms with Crippen LogP contribution in [0.2, 0.25) is 0 Å². The van der Waals surface area contributed by atoms with Crippen LogP contribution >= 0.6 is 0 Å². The average molecular weight is 284 g/mol. The lowest BCUT2D eigenvalue weighted by Gasteiger charge is -2.21. The molecule has 108 valence electrons. The number of nitrogens with two attached hydrogens (primary N) is 1. The summed E-state index contributed by atoms with van der Waals surface area (Å²) in [7, 11) is 0. The molecule has 2 heterocycles. The fraction of sp³-hybridized carbons (Fsp3) is 0.200. The summed E-state index contributed by atoms with van der Waals surface area (Å²) in [5.74, 6) is 6.62. The maximum atomic E-state index is 12.6. The second-order valence-corrected chi connectivity index (χ2v) is 4.73. The number of nitrogens with zero attached hydrogens (tertiary/aromatic N) is 2. The molecule has 3 rings (SSSR count). The summed E-state index contributed by atoms with van der Waals surface area (Å²) in [6.45, 7) is 1.42. The van der Waals surface area contributed by atoms with Gasteiger partial charge in [-0.2, -0.15) is 0 Å². The first-order chi connectivity index (χ1) is 10.3. The zero-order valence-corrected chi connectivity index (χ0v) is 11.5. The Morgan fingerprint density at radius 1 is 1.29 bits per heavy atom. The van der Waals surface area contributed by atoms with E-state index in [1.54, 1.807) is 17.2 Å². The first-order valence-corrected chi connectivity index (χ1v) is 6.71. The maximum absolute atomic E-state index is 12.6. The van der Waals surface area contributed by atoms with Crippen molar-refractivity contribution >= 4 is 11.7 Å². The lowest BCUT2D eigenvalue weighted by Crippen LogP contribution is -2.32. The van der Waals surface area contributed by atoms with E-state index in [1.165, 1.54) is 0 Å². The van der Waals surface area contributed by atoms with Gasteiger partial charge in [0.25, 0.3) is 5.91 Å². The summed E-state index contributed by atoms with van der Waals surface area (Å²) >= 11 is 0. The highest BCUT2D eigenvalue weighted by Gasteiger charge is 2.23. The van der Waals surface area contributed by atoms with Crippen molar-refractivity contribution < 1.29 is 9.53 Å². The molecule has 1 aliphatic rings. The first-order valence-electron chi connectivity index (χ1n) is 6.71. The first kappa shape index (κ1) is 13.4. The molecule has 0 fully saturated rings. The number of hydrogen-bond donors (Lipinski definition) is 2. The van der Waals surface area contributed by atoms with E-state index >= 15 is 0 Å². The summed E-state index contributed by atoms with van der Waals surface area (Å²) in [5.41, 5.74) is 4.01. The minimum Gasteiger partial charge on any atom is -0.491 e. The topological polar surface area (TPSA) is 80.5 Å². The van der Waals surface area contributed by atoms with E-state index in [-0.39, 0.29) is 5.91 Å². The highest BCUT2D eigenvalue weighted by Crippen LogP contribution is 2.24. The van der Waals surface area contributed by atoms with Gasteiger partial charge in [-0.3, -0.25) is 4.79 Å². The van der Waals surface area contributed by atoms with Crippen molar-refractivity contribution in [3.63, 3.8) is 0 Å². The zero-order chi connectivity index (χ0) is 14.7. The molecule has 21 heavy (non-hydrogen) atoms. The number of hydrazine groups is 1. The molecule has 0 unspecified atom stereocenters. The number of carbonyl (C=O) groups is 1. The molecule has 2 aromatic rings. The van der Waals surface area contributed by atoms with Crippen LogP contribution in [0.1, 0.15) is 15.9 Å². The molecule has 6 heteroatoms. The standard InChI is InChI=1S/C15H16N4O2/c16-18-14-11(4-3-7-17-14)10-19-8-9-21-13-6-2-1-5-12(13)15(19)20/h1-7H,8-10,16H2,(H,17,18). The van der Waals surface area contributed by atoms with Crippen molar-refractivity contribution in [1.82, 2.24) is 9.88 Å². The minimum absolute atomic E-state index is 0.0464. The van der Waals surface area contributed by atoms with E-state index in [0.29, 0.717) is 36.8 Å². The molecular weight excluding hydrogens is 268 g/mol. The number of nitrogen functional groups attached to an aromatic ring is 1. The highest BCUT2D eigenvalue weighted by molar-refractivity contribution is 5.97. The number of carbonyl (C=O) groups excluding carboxylic acids is 1. The number of aromatic nitrogens is 1. The summed E-state index contributed by atoms with van der Waals surface area (Å²) in [4.78, 5) is 18.5. The van der Waals surface area contributed by atoms with Gasteiger partial charge < -0.3 is 15.1 Å². The van der Waals surface area contributed by atoms with Crippen molar-refractivity contribution in [2.24, 2.45) is 5.84 Å². The minimum atomic E-state index is -0.0464. The molecule has 1 aromatic carbocycles. The molecule has 1 aliphatic heterocycles. The van der Waals surface area contributed by atoms with Crippen molar-refractivity contribution in [2.45, 2.75) is 6.54 Å². The van der Waals surface area contributed by atoms with Gasteiger partial charge in [-0.15, -0.1) is 0 Å². The Kier molecular flexibility index (Phi) is 3.70. The van der Waals surface area contributed by atoms with Gasteiger partial charge in [-0.05, 0) is 18.2 Å². The van der Waals surface area contributed by atoms with Gasteiger partial charge in [0, 0.05) is 18.3 Å². The SMILES string of the molecule is NNc1ncccc1CN1CCOc2ccccc2C1=O.